The molecule has 0 atom stereocenters. The van der Waals surface area contributed by atoms with Crippen LogP contribution in [0, 0.1) is 7.14 Å². The van der Waals surface area contributed by atoms with Crippen LogP contribution in [0.1, 0.15) is 26.3 Å². The number of benzene rings is 3. The van der Waals surface area contributed by atoms with E-state index in [-0.39, 0.29) is 5.78 Å². The molecule has 0 aliphatic heterocycles. The quantitative estimate of drug-likeness (QED) is 0.491. The van der Waals surface area contributed by atoms with E-state index in [1.807, 2.05) is 48.5 Å². The van der Waals surface area contributed by atoms with Gasteiger partial charge in [0.05, 0.1) is 0 Å². The summed E-state index contributed by atoms with van der Waals surface area (Å²) in [6.45, 7) is 0. The normalized spacial score (nSPS) is 12.1. The van der Waals surface area contributed by atoms with E-state index in [0.717, 1.165) is 29.4 Å². The molecule has 4 rings (SSSR count). The minimum absolute atomic E-state index is 0.0904. The van der Waals surface area contributed by atoms with Crippen molar-refractivity contribution in [3.05, 3.63) is 90.6 Å². The van der Waals surface area contributed by atoms with E-state index in [9.17, 15) is 9.59 Å². The summed E-state index contributed by atoms with van der Waals surface area (Å²) in [7, 11) is 0. The number of carbonyl (C=O) groups is 2. The van der Waals surface area contributed by atoms with Gasteiger partial charge in [-0.3, -0.25) is 0 Å². The van der Waals surface area contributed by atoms with Gasteiger partial charge in [0.2, 0.25) is 0 Å². The molecule has 0 bridgehead atoms. The molecule has 0 heterocycles. The van der Waals surface area contributed by atoms with Crippen LogP contribution in [0.5, 0.6) is 0 Å². The second-order valence-electron chi connectivity index (χ2n) is 5.47. The third-order valence-electron chi connectivity index (χ3n) is 4.00. The maximum atomic E-state index is 12.6. The van der Waals surface area contributed by atoms with Crippen LogP contribution in [-0.2, 0) is 0 Å². The molecule has 3 aromatic carbocycles. The predicted molar refractivity (Wildman–Crippen MR) is 86.1 cm³/mol. The number of ketones is 1. The molecule has 1 N–H and O–H groups in total. The summed E-state index contributed by atoms with van der Waals surface area (Å²) in [4.78, 5) is 23.5. The first-order chi connectivity index (χ1) is 11.6. The van der Waals surface area contributed by atoms with Gasteiger partial charge in [0.1, 0.15) is 0 Å². The summed E-state index contributed by atoms with van der Waals surface area (Å²) in [6, 6.07) is 20.8. The van der Waals surface area contributed by atoms with Crippen molar-refractivity contribution in [2.45, 2.75) is 0 Å². The number of carboxylic acids is 1. The van der Waals surface area contributed by atoms with E-state index in [2.05, 4.69) is 6.07 Å². The number of hydrogen-bond donors (Lipinski definition) is 1. The third-order valence-corrected chi connectivity index (χ3v) is 6.63. The Morgan fingerprint density at radius 3 is 2.08 bits per heavy atom. The Labute approximate surface area is 149 Å². The Kier molecular flexibility index (Phi) is 3.69. The molecule has 0 unspecified atom stereocenters. The molecule has 24 heavy (non-hydrogen) atoms. The molecule has 0 aromatic heterocycles. The monoisotopic (exact) mass is 427 g/mol. The van der Waals surface area contributed by atoms with Crippen LogP contribution in [0.4, 0.5) is 0 Å². The molecule has 0 amide bonds. The molecule has 3 aromatic rings. The predicted octanol–water partition coefficient (Wildman–Crippen LogP) is 0.725. The summed E-state index contributed by atoms with van der Waals surface area (Å²) in [6.07, 6.45) is 0. The number of aromatic carboxylic acids is 1. The van der Waals surface area contributed by atoms with E-state index in [1.165, 1.54) is 0 Å². The second-order valence-corrected chi connectivity index (χ2v) is 8.50. The molecule has 1 aliphatic carbocycles. The average Bonchev–Trinajstić information content (AvgIpc) is 2.88. The van der Waals surface area contributed by atoms with Gasteiger partial charge in [0.25, 0.3) is 0 Å². The maximum absolute atomic E-state index is 12.6. The van der Waals surface area contributed by atoms with E-state index in [1.54, 1.807) is 12.1 Å². The molecule has 0 spiro atoms. The van der Waals surface area contributed by atoms with Gasteiger partial charge >= 0.3 is 149 Å². The summed E-state index contributed by atoms with van der Waals surface area (Å²) in [5, 5.41) is 8.96. The Hall–Kier alpha value is -2.47. The van der Waals surface area contributed by atoms with Crippen LogP contribution in [0.3, 0.4) is 0 Å². The Bertz CT molecular complexity index is 974. The molecule has 3 nitrogen and oxygen atoms in total. The van der Waals surface area contributed by atoms with Crippen LogP contribution in [0.15, 0.2) is 66.7 Å². The Balaban J connectivity index is 1.65. The van der Waals surface area contributed by atoms with Gasteiger partial charge in [0.15, 0.2) is 0 Å². The first-order valence-corrected chi connectivity index (χ1v) is 9.55. The average molecular weight is 427 g/mol. The van der Waals surface area contributed by atoms with E-state index < -0.39 is 27.2 Å². The van der Waals surface area contributed by atoms with Gasteiger partial charge < -0.3 is 0 Å². The summed E-state index contributed by atoms with van der Waals surface area (Å²) in [5.41, 5.74) is 3.85. The number of hydrogen-bond acceptors (Lipinski definition) is 2. The zero-order valence-electron chi connectivity index (χ0n) is 12.5. The van der Waals surface area contributed by atoms with Crippen molar-refractivity contribution < 1.29 is 35.9 Å². The molecule has 0 saturated heterocycles. The van der Waals surface area contributed by atoms with Crippen LogP contribution < -0.4 is 21.2 Å². The van der Waals surface area contributed by atoms with Crippen LogP contribution >= 0.6 is 0 Å². The molecule has 0 saturated carbocycles. The molecular weight excluding hydrogens is 415 g/mol. The first-order valence-electron chi connectivity index (χ1n) is 7.40. The van der Waals surface area contributed by atoms with Gasteiger partial charge in [-0.25, -0.2) is 0 Å². The fraction of sp³-hybridized carbons (Fsp3) is 0. The topological polar surface area (TPSA) is 54.4 Å². The Morgan fingerprint density at radius 1 is 0.750 bits per heavy atom. The van der Waals surface area contributed by atoms with Crippen LogP contribution in [0.2, 0.25) is 0 Å². The van der Waals surface area contributed by atoms with Gasteiger partial charge in [-0.2, -0.15) is 0 Å². The number of rotatable bonds is 3. The standard InChI is InChI=1S/C20H12IO3/c22-19-17-4-2-1-3-15(17)16-10-9-14(11-18(16)19)21-13-7-5-12(6-8-13)20(23)24/h1-11H,(H,23,24)/q-1. The summed E-state index contributed by atoms with van der Waals surface area (Å²) in [5.74, 6) is -0.826. The van der Waals surface area contributed by atoms with Gasteiger partial charge in [-0.1, -0.05) is 0 Å². The van der Waals surface area contributed by atoms with Crippen LogP contribution in [-0.4, -0.2) is 16.9 Å². The van der Waals surface area contributed by atoms with E-state index in [0.29, 0.717) is 5.56 Å². The number of carbonyl (C=O) groups excluding carboxylic acids is 1. The third kappa shape index (κ3) is 2.53. The summed E-state index contributed by atoms with van der Waals surface area (Å²) < 4.78 is 2.28. The molecule has 0 radical (unpaired) electrons. The number of fused-ring (bicyclic) bond motifs is 3. The van der Waals surface area contributed by atoms with Crippen molar-refractivity contribution >= 4 is 11.8 Å². The molecule has 0 fully saturated rings. The zero-order chi connectivity index (χ0) is 16.7. The fourth-order valence-corrected chi connectivity index (χ4v) is 5.11. The number of carboxylic acid groups (broad SMARTS) is 1. The molecule has 1 aliphatic rings. The van der Waals surface area contributed by atoms with Gasteiger partial charge in [-0.15, -0.1) is 0 Å². The SMILES string of the molecule is O=C(O)c1ccc([I-]c2ccc3c(c2)C(=O)c2ccccc2-3)cc1. The summed E-state index contributed by atoms with van der Waals surface area (Å²) >= 11 is -0.453. The minimum atomic E-state index is -0.916. The van der Waals surface area contributed by atoms with Crippen molar-refractivity contribution in [3.8, 4) is 11.1 Å². The van der Waals surface area contributed by atoms with E-state index in [4.69, 9.17) is 5.11 Å². The van der Waals surface area contributed by atoms with Crippen LogP contribution in [0.25, 0.3) is 11.1 Å². The van der Waals surface area contributed by atoms with Crippen molar-refractivity contribution in [2.75, 3.05) is 0 Å². The van der Waals surface area contributed by atoms with Crippen molar-refractivity contribution in [1.29, 1.82) is 0 Å². The van der Waals surface area contributed by atoms with Gasteiger partial charge in [-0.05, 0) is 0 Å². The zero-order valence-corrected chi connectivity index (χ0v) is 14.7. The van der Waals surface area contributed by atoms with Gasteiger partial charge in [0, 0.05) is 0 Å². The Morgan fingerprint density at radius 2 is 1.38 bits per heavy atom. The molecule has 4 heteroatoms. The second kappa shape index (κ2) is 5.87. The fourth-order valence-electron chi connectivity index (χ4n) is 2.84. The van der Waals surface area contributed by atoms with Crippen molar-refractivity contribution in [3.63, 3.8) is 0 Å². The van der Waals surface area contributed by atoms with Crippen molar-refractivity contribution in [2.24, 2.45) is 0 Å². The van der Waals surface area contributed by atoms with E-state index >= 15 is 0 Å². The molecule has 118 valence electrons. The van der Waals surface area contributed by atoms with Crippen molar-refractivity contribution in [1.82, 2.24) is 0 Å². The molecular formula is C20H12IO3-. The first kappa shape index (κ1) is 15.1. The number of halogens is 1.